The van der Waals surface area contributed by atoms with Crippen molar-refractivity contribution in [2.75, 3.05) is 0 Å². The summed E-state index contributed by atoms with van der Waals surface area (Å²) >= 11 is 0. The van der Waals surface area contributed by atoms with Gasteiger partial charge in [-0.25, -0.2) is 18.7 Å². The predicted octanol–water partition coefficient (Wildman–Crippen LogP) is 5.30. The van der Waals surface area contributed by atoms with E-state index in [0.29, 0.717) is 10.8 Å². The molecule has 0 amide bonds. The summed E-state index contributed by atoms with van der Waals surface area (Å²) in [6.45, 7) is 4.21. The summed E-state index contributed by atoms with van der Waals surface area (Å²) < 4.78 is 9.66. The Hall–Kier alpha value is -3.40. The molecule has 1 heterocycles. The highest BCUT2D eigenvalue weighted by atomic mass is 17.0. The molecule has 4 rings (SSSR count). The maximum absolute atomic E-state index is 12.6. The Labute approximate surface area is 154 Å². The van der Waals surface area contributed by atoms with E-state index in [-0.39, 0.29) is 5.92 Å². The summed E-state index contributed by atoms with van der Waals surface area (Å²) in [7, 11) is 0. The minimum atomic E-state index is -0.695. The molecule has 0 spiro atoms. The van der Waals surface area contributed by atoms with Crippen molar-refractivity contribution in [3.05, 3.63) is 93.1 Å². The molecule has 0 radical (unpaired) electrons. The van der Waals surface area contributed by atoms with Gasteiger partial charge in [0.05, 0.1) is 10.8 Å². The highest BCUT2D eigenvalue weighted by molar-refractivity contribution is 6.15. The lowest BCUT2D eigenvalue weighted by atomic mass is 9.92. The summed E-state index contributed by atoms with van der Waals surface area (Å²) in [5.41, 5.74) is -0.293. The molecule has 0 unspecified atom stereocenters. The summed E-state index contributed by atoms with van der Waals surface area (Å²) in [5.74, 6) is 0.228. The average Bonchev–Trinajstić information content (AvgIpc) is 2.70. The summed E-state index contributed by atoms with van der Waals surface area (Å²) in [4.78, 5) is 25.1. The van der Waals surface area contributed by atoms with Gasteiger partial charge in [-0.05, 0) is 45.2 Å². The van der Waals surface area contributed by atoms with Crippen molar-refractivity contribution in [1.82, 2.24) is 0 Å². The zero-order valence-corrected chi connectivity index (χ0v) is 15.1. The molecule has 1 aromatic heterocycles. The first kappa shape index (κ1) is 17.0. The van der Waals surface area contributed by atoms with E-state index in [2.05, 4.69) is 19.9 Å². The topological polar surface area (TPSA) is 60.4 Å². The van der Waals surface area contributed by atoms with Gasteiger partial charge in [0.1, 0.15) is 0 Å². The molecule has 0 fully saturated rings. The Morgan fingerprint density at radius 2 is 1.04 bits per heavy atom. The minimum Gasteiger partial charge on any atom is -0.241 e. The first-order valence-electron chi connectivity index (χ1n) is 8.83. The molecule has 0 N–H and O–H groups in total. The van der Waals surface area contributed by atoms with Crippen LogP contribution in [0.1, 0.15) is 25.3 Å². The molecule has 4 nitrogen and oxygen atoms in total. The third-order valence-corrected chi connectivity index (χ3v) is 4.77. The molecule has 3 aromatic carbocycles. The smallest absolute Gasteiger partial charge is 0.241 e. The summed E-state index contributed by atoms with van der Waals surface area (Å²) in [6, 6.07) is 20.4. The van der Waals surface area contributed by atoms with Gasteiger partial charge in [-0.2, -0.15) is 0 Å². The first-order chi connectivity index (χ1) is 13.1. The highest BCUT2D eigenvalue weighted by Crippen LogP contribution is 2.32. The van der Waals surface area contributed by atoms with Crippen LogP contribution >= 0.6 is 0 Å². The first-order valence-corrected chi connectivity index (χ1v) is 8.83. The number of benzene rings is 3. The Balaban J connectivity index is 2.52. The number of rotatable bonds is 1. The van der Waals surface area contributed by atoms with Crippen molar-refractivity contribution in [1.29, 1.82) is 0 Å². The van der Waals surface area contributed by atoms with Gasteiger partial charge < -0.3 is 0 Å². The Morgan fingerprint density at radius 1 is 0.593 bits per heavy atom. The maximum Gasteiger partial charge on any atom is 0.386 e. The van der Waals surface area contributed by atoms with Gasteiger partial charge in [0.2, 0.25) is 0 Å². The molecule has 0 aliphatic heterocycles. The van der Waals surface area contributed by atoms with E-state index in [0.717, 1.165) is 27.1 Å². The number of hydrogen-bond acceptors (Lipinski definition) is 4. The van der Waals surface area contributed by atoms with Crippen LogP contribution in [0.15, 0.2) is 85.5 Å². The molecule has 4 aromatic rings. The molecule has 0 saturated heterocycles. The molecule has 4 heteroatoms. The second-order valence-corrected chi connectivity index (χ2v) is 6.76. The van der Waals surface area contributed by atoms with Gasteiger partial charge in [-0.15, -0.1) is 0 Å². The fraction of sp³-hybridized carbons (Fsp3) is 0.130. The van der Waals surface area contributed by atoms with E-state index in [1.165, 1.54) is 0 Å². The van der Waals surface area contributed by atoms with Gasteiger partial charge in [0, 0.05) is 0 Å². The molecular weight excluding hydrogens is 340 g/mol. The van der Waals surface area contributed by atoms with Crippen LogP contribution in [0.3, 0.4) is 0 Å². The van der Waals surface area contributed by atoms with Crippen LogP contribution in [0.2, 0.25) is 0 Å². The van der Waals surface area contributed by atoms with E-state index in [4.69, 9.17) is 9.15 Å². The molecule has 0 saturated carbocycles. The van der Waals surface area contributed by atoms with Crippen LogP contribution < -0.4 is 11.3 Å². The lowest BCUT2D eigenvalue weighted by Gasteiger charge is -2.11. The second-order valence-electron chi connectivity index (χ2n) is 6.76. The van der Waals surface area contributed by atoms with Crippen molar-refractivity contribution in [3.63, 3.8) is 0 Å². The number of fused-ring (bicyclic) bond motifs is 5. The summed E-state index contributed by atoms with van der Waals surface area (Å²) in [6.07, 6.45) is 0. The van der Waals surface area contributed by atoms with E-state index in [1.54, 1.807) is 24.3 Å². The van der Waals surface area contributed by atoms with Crippen LogP contribution in [-0.4, -0.2) is 0 Å². The number of hydrogen-bond donors (Lipinski definition) is 0. The highest BCUT2D eigenvalue weighted by Gasteiger charge is 2.11. The van der Waals surface area contributed by atoms with E-state index >= 15 is 0 Å². The van der Waals surface area contributed by atoms with Crippen molar-refractivity contribution in [2.24, 2.45) is 0 Å². The Bertz CT molecular complexity index is 1340. The van der Waals surface area contributed by atoms with E-state index in [1.807, 2.05) is 36.4 Å². The van der Waals surface area contributed by atoms with Crippen LogP contribution in [0.4, 0.5) is 0 Å². The Kier molecular flexibility index (Phi) is 4.24. The minimum absolute atomic E-state index is 0.228. The lowest BCUT2D eigenvalue weighted by molar-refractivity contribution is 0.0243. The van der Waals surface area contributed by atoms with Gasteiger partial charge in [-0.1, -0.05) is 68.4 Å². The zero-order valence-electron chi connectivity index (χ0n) is 15.1. The monoisotopic (exact) mass is 358 g/mol. The third-order valence-electron chi connectivity index (χ3n) is 4.77. The molecule has 0 bridgehead atoms. The van der Waals surface area contributed by atoms with Gasteiger partial charge in [0.15, 0.2) is 0 Å². The largest absolute Gasteiger partial charge is 0.386 e. The fourth-order valence-electron chi connectivity index (χ4n) is 3.52. The van der Waals surface area contributed by atoms with E-state index < -0.39 is 11.3 Å². The van der Waals surface area contributed by atoms with Crippen LogP contribution in [0.5, 0.6) is 0 Å². The predicted molar refractivity (Wildman–Crippen MR) is 108 cm³/mol. The standard InChI is InChI=1S/C23H18O4/c1-14(2)15-12-7-13-17-16-8-3-5-10-19(16)22(24)26-27-23(25)20-11-6-4-9-18(20)21(15)17/h3-14H,1-2H3. The molecular formula is C23H18O4. The third kappa shape index (κ3) is 2.89. The normalized spacial score (nSPS) is 11.2. The fourth-order valence-corrected chi connectivity index (χ4v) is 3.52. The van der Waals surface area contributed by atoms with Crippen LogP contribution in [0.25, 0.3) is 32.3 Å². The van der Waals surface area contributed by atoms with Crippen molar-refractivity contribution in [2.45, 2.75) is 19.8 Å². The van der Waals surface area contributed by atoms with Crippen molar-refractivity contribution >= 4 is 32.3 Å². The quantitative estimate of drug-likeness (QED) is 0.433. The SMILES string of the molecule is CC(C)c1cccc2c3ccccc3c(=O)ooc(=O)c3ccccc3c12. The second kappa shape index (κ2) is 6.72. The molecule has 0 aliphatic rings. The zero-order chi connectivity index (χ0) is 19.0. The van der Waals surface area contributed by atoms with Crippen molar-refractivity contribution in [3.8, 4) is 0 Å². The maximum atomic E-state index is 12.6. The van der Waals surface area contributed by atoms with Gasteiger partial charge in [-0.3, -0.25) is 0 Å². The Morgan fingerprint density at radius 3 is 1.63 bits per heavy atom. The molecule has 0 atom stereocenters. The lowest BCUT2D eigenvalue weighted by Crippen LogP contribution is -2.02. The average molecular weight is 358 g/mol. The van der Waals surface area contributed by atoms with Gasteiger partial charge >= 0.3 is 11.3 Å². The van der Waals surface area contributed by atoms with Crippen molar-refractivity contribution < 1.29 is 9.15 Å². The molecule has 134 valence electrons. The molecule has 27 heavy (non-hydrogen) atoms. The molecule has 0 aliphatic carbocycles. The van der Waals surface area contributed by atoms with Crippen LogP contribution in [0, 0.1) is 0 Å². The van der Waals surface area contributed by atoms with Crippen LogP contribution in [-0.2, 0) is 0 Å². The van der Waals surface area contributed by atoms with Gasteiger partial charge in [0.25, 0.3) is 0 Å². The van der Waals surface area contributed by atoms with E-state index in [9.17, 15) is 9.59 Å². The summed E-state index contributed by atoms with van der Waals surface area (Å²) in [5, 5.41) is 4.03.